The minimum atomic E-state index is -0.186. The number of hydrogen-bond donors (Lipinski definition) is 3. The van der Waals surface area contributed by atoms with Gasteiger partial charge in [-0.25, -0.2) is 9.97 Å². The third-order valence-electron chi connectivity index (χ3n) is 3.58. The summed E-state index contributed by atoms with van der Waals surface area (Å²) in [6.45, 7) is 6.92. The molecule has 5 heteroatoms. The second-order valence-corrected chi connectivity index (χ2v) is 6.39. The highest BCUT2D eigenvalue weighted by atomic mass is 16.3. The van der Waals surface area contributed by atoms with Crippen LogP contribution in [0.3, 0.4) is 0 Å². The van der Waals surface area contributed by atoms with E-state index in [1.54, 1.807) is 6.07 Å². The zero-order valence-electron chi connectivity index (χ0n) is 12.0. The number of rotatable bonds is 3. The number of nitrogens with two attached hydrogens (primary N) is 1. The van der Waals surface area contributed by atoms with E-state index in [0.717, 1.165) is 37.4 Å². The first kappa shape index (κ1) is 14.1. The molecule has 2 unspecified atom stereocenters. The van der Waals surface area contributed by atoms with Crippen molar-refractivity contribution in [2.75, 3.05) is 17.6 Å². The molecule has 4 N–H and O–H groups in total. The maximum absolute atomic E-state index is 9.81. The summed E-state index contributed by atoms with van der Waals surface area (Å²) in [6.07, 6.45) is 2.90. The van der Waals surface area contributed by atoms with Crippen LogP contribution in [0.4, 0.5) is 11.6 Å². The number of nitrogens with zero attached hydrogens (tertiary/aromatic N) is 2. The summed E-state index contributed by atoms with van der Waals surface area (Å²) in [6, 6.07) is 1.75. The SMILES string of the molecule is CC(C)(C)c1nc(N)cc(NCC2CCCC2O)n1. The summed E-state index contributed by atoms with van der Waals surface area (Å²) in [5.41, 5.74) is 5.70. The van der Waals surface area contributed by atoms with E-state index >= 15 is 0 Å². The van der Waals surface area contributed by atoms with E-state index in [0.29, 0.717) is 11.7 Å². The van der Waals surface area contributed by atoms with Crippen molar-refractivity contribution in [1.29, 1.82) is 0 Å². The highest BCUT2D eigenvalue weighted by Gasteiger charge is 2.25. The quantitative estimate of drug-likeness (QED) is 0.777. The zero-order valence-corrected chi connectivity index (χ0v) is 12.0. The van der Waals surface area contributed by atoms with Crippen molar-refractivity contribution in [3.63, 3.8) is 0 Å². The summed E-state index contributed by atoms with van der Waals surface area (Å²) in [4.78, 5) is 8.78. The van der Waals surface area contributed by atoms with E-state index in [-0.39, 0.29) is 11.5 Å². The Bertz CT molecular complexity index is 442. The summed E-state index contributed by atoms with van der Waals surface area (Å²) < 4.78 is 0. The van der Waals surface area contributed by atoms with Gasteiger partial charge in [0.15, 0.2) is 0 Å². The molecule has 0 amide bonds. The molecule has 19 heavy (non-hydrogen) atoms. The molecular weight excluding hydrogens is 240 g/mol. The number of hydrogen-bond acceptors (Lipinski definition) is 5. The fourth-order valence-electron chi connectivity index (χ4n) is 2.38. The highest BCUT2D eigenvalue weighted by molar-refractivity contribution is 5.45. The van der Waals surface area contributed by atoms with E-state index in [1.807, 2.05) is 0 Å². The maximum atomic E-state index is 9.81. The van der Waals surface area contributed by atoms with Crippen LogP contribution in [0.25, 0.3) is 0 Å². The van der Waals surface area contributed by atoms with Crippen LogP contribution in [-0.4, -0.2) is 27.7 Å². The second-order valence-electron chi connectivity index (χ2n) is 6.39. The molecule has 0 radical (unpaired) electrons. The molecule has 106 valence electrons. The third kappa shape index (κ3) is 3.56. The van der Waals surface area contributed by atoms with E-state index in [4.69, 9.17) is 5.73 Å². The molecule has 1 fully saturated rings. The predicted octanol–water partition coefficient (Wildman–Crippen LogP) is 1.93. The first-order valence-electron chi connectivity index (χ1n) is 6.93. The molecule has 1 aromatic heterocycles. The van der Waals surface area contributed by atoms with E-state index in [2.05, 4.69) is 36.1 Å². The molecule has 1 saturated carbocycles. The van der Waals surface area contributed by atoms with Crippen LogP contribution < -0.4 is 11.1 Å². The lowest BCUT2D eigenvalue weighted by Gasteiger charge is -2.19. The van der Waals surface area contributed by atoms with E-state index in [9.17, 15) is 5.11 Å². The summed E-state index contributed by atoms with van der Waals surface area (Å²) in [5, 5.41) is 13.1. The van der Waals surface area contributed by atoms with Crippen LogP contribution in [0.15, 0.2) is 6.07 Å². The van der Waals surface area contributed by atoms with Crippen LogP contribution in [0.1, 0.15) is 45.9 Å². The zero-order chi connectivity index (χ0) is 14.0. The first-order chi connectivity index (χ1) is 8.86. The van der Waals surface area contributed by atoms with Gasteiger partial charge in [0.1, 0.15) is 17.5 Å². The molecule has 0 aliphatic heterocycles. The van der Waals surface area contributed by atoms with Crippen molar-refractivity contribution in [3.05, 3.63) is 11.9 Å². The molecule has 1 aliphatic carbocycles. The van der Waals surface area contributed by atoms with Gasteiger partial charge in [-0.15, -0.1) is 0 Å². The molecule has 1 aliphatic rings. The van der Waals surface area contributed by atoms with Gasteiger partial charge < -0.3 is 16.2 Å². The molecule has 2 atom stereocenters. The Morgan fingerprint density at radius 1 is 1.37 bits per heavy atom. The van der Waals surface area contributed by atoms with Gasteiger partial charge in [0.05, 0.1) is 6.10 Å². The number of nitrogens with one attached hydrogen (secondary N) is 1. The van der Waals surface area contributed by atoms with Gasteiger partial charge >= 0.3 is 0 Å². The number of anilines is 2. The Balaban J connectivity index is 2.06. The van der Waals surface area contributed by atoms with Gasteiger partial charge in [0.2, 0.25) is 0 Å². The Hall–Kier alpha value is -1.36. The smallest absolute Gasteiger partial charge is 0.138 e. The van der Waals surface area contributed by atoms with E-state index in [1.165, 1.54) is 0 Å². The molecule has 0 aromatic carbocycles. The first-order valence-corrected chi connectivity index (χ1v) is 6.93. The Labute approximate surface area is 114 Å². The average Bonchev–Trinajstić information content (AvgIpc) is 2.70. The number of aromatic nitrogens is 2. The third-order valence-corrected chi connectivity index (χ3v) is 3.58. The molecule has 5 nitrogen and oxygen atoms in total. The molecule has 0 bridgehead atoms. The largest absolute Gasteiger partial charge is 0.393 e. The van der Waals surface area contributed by atoms with Gasteiger partial charge in [-0.2, -0.15) is 0 Å². The van der Waals surface area contributed by atoms with Crippen LogP contribution >= 0.6 is 0 Å². The predicted molar refractivity (Wildman–Crippen MR) is 77.0 cm³/mol. The van der Waals surface area contributed by atoms with Gasteiger partial charge in [0, 0.05) is 23.9 Å². The lowest BCUT2D eigenvalue weighted by atomic mass is 9.96. The van der Waals surface area contributed by atoms with Gasteiger partial charge in [-0.3, -0.25) is 0 Å². The van der Waals surface area contributed by atoms with Crippen LogP contribution in [0.5, 0.6) is 0 Å². The van der Waals surface area contributed by atoms with Gasteiger partial charge in [-0.1, -0.05) is 27.2 Å². The van der Waals surface area contributed by atoms with Crippen LogP contribution in [0.2, 0.25) is 0 Å². The molecule has 1 heterocycles. The Morgan fingerprint density at radius 2 is 2.11 bits per heavy atom. The lowest BCUT2D eigenvalue weighted by molar-refractivity contribution is 0.138. The highest BCUT2D eigenvalue weighted by Crippen LogP contribution is 2.26. The number of nitrogen functional groups attached to an aromatic ring is 1. The van der Waals surface area contributed by atoms with Crippen molar-refractivity contribution in [1.82, 2.24) is 9.97 Å². The fourth-order valence-corrected chi connectivity index (χ4v) is 2.38. The maximum Gasteiger partial charge on any atom is 0.138 e. The molecule has 0 saturated heterocycles. The Kier molecular flexibility index (Phi) is 3.94. The molecular formula is C14H24N4O. The second kappa shape index (κ2) is 5.33. The van der Waals surface area contributed by atoms with Crippen LogP contribution in [0, 0.1) is 5.92 Å². The minimum Gasteiger partial charge on any atom is -0.393 e. The summed E-state index contributed by atoms with van der Waals surface area (Å²) in [7, 11) is 0. The number of aliphatic hydroxyl groups excluding tert-OH is 1. The standard InChI is InChI=1S/C14H24N4O/c1-14(2,3)13-17-11(15)7-12(18-13)16-8-9-5-4-6-10(9)19/h7,9-10,19H,4-6,8H2,1-3H3,(H3,15,16,17,18). The van der Waals surface area contributed by atoms with Crippen molar-refractivity contribution in [3.8, 4) is 0 Å². The molecule has 1 aromatic rings. The molecule has 2 rings (SSSR count). The van der Waals surface area contributed by atoms with Gasteiger partial charge in [-0.05, 0) is 12.8 Å². The molecule has 0 spiro atoms. The van der Waals surface area contributed by atoms with E-state index < -0.39 is 0 Å². The summed E-state index contributed by atoms with van der Waals surface area (Å²) >= 11 is 0. The van der Waals surface area contributed by atoms with Crippen molar-refractivity contribution in [2.45, 2.75) is 51.6 Å². The summed E-state index contributed by atoms with van der Waals surface area (Å²) in [5.74, 6) is 2.28. The lowest BCUT2D eigenvalue weighted by Crippen LogP contribution is -2.23. The minimum absolute atomic E-state index is 0.126. The van der Waals surface area contributed by atoms with Crippen LogP contribution in [-0.2, 0) is 5.41 Å². The monoisotopic (exact) mass is 264 g/mol. The Morgan fingerprint density at radius 3 is 2.68 bits per heavy atom. The van der Waals surface area contributed by atoms with Crippen molar-refractivity contribution >= 4 is 11.6 Å². The fraction of sp³-hybridized carbons (Fsp3) is 0.714. The van der Waals surface area contributed by atoms with Crippen molar-refractivity contribution < 1.29 is 5.11 Å². The van der Waals surface area contributed by atoms with Crippen molar-refractivity contribution in [2.24, 2.45) is 5.92 Å². The average molecular weight is 264 g/mol. The topological polar surface area (TPSA) is 84.1 Å². The normalized spacial score (nSPS) is 23.6. The number of aliphatic hydroxyl groups is 1. The van der Waals surface area contributed by atoms with Gasteiger partial charge in [0.25, 0.3) is 0 Å².